The van der Waals surface area contributed by atoms with Gasteiger partial charge in [0, 0.05) is 56.6 Å². The minimum atomic E-state index is -0.752. The van der Waals surface area contributed by atoms with Gasteiger partial charge in [-0.1, -0.05) is 26.0 Å². The first-order chi connectivity index (χ1) is 16.7. The quantitative estimate of drug-likeness (QED) is 0.518. The first kappa shape index (κ1) is 23.4. The fraction of sp³-hybridized carbons (Fsp3) is 0.583. The summed E-state index contributed by atoms with van der Waals surface area (Å²) in [7, 11) is 0. The molecule has 5 rings (SSSR count). The Balaban J connectivity index is 1.27. The second kappa shape index (κ2) is 9.03. The third-order valence-electron chi connectivity index (χ3n) is 6.67. The molecule has 2 N–H and O–H groups in total. The first-order valence-corrected chi connectivity index (χ1v) is 12.2. The van der Waals surface area contributed by atoms with Crippen molar-refractivity contribution in [3.8, 4) is 0 Å². The number of hydrogen-bond donors (Lipinski definition) is 2. The van der Waals surface area contributed by atoms with Gasteiger partial charge in [0.1, 0.15) is 12.1 Å². The van der Waals surface area contributed by atoms with Crippen molar-refractivity contribution in [2.45, 2.75) is 70.6 Å². The van der Waals surface area contributed by atoms with Gasteiger partial charge in [0.15, 0.2) is 0 Å². The minimum absolute atomic E-state index is 0.117. The second-order valence-electron chi connectivity index (χ2n) is 10.7. The smallest absolute Gasteiger partial charge is 0.248 e. The van der Waals surface area contributed by atoms with Gasteiger partial charge in [-0.25, -0.2) is 14.6 Å². The predicted molar refractivity (Wildman–Crippen MR) is 126 cm³/mol. The Morgan fingerprint density at radius 3 is 2.77 bits per heavy atom. The molecule has 0 bridgehead atoms. The Kier molecular flexibility index (Phi) is 6.04. The SMILES string of the molecule is CC(C)(C)[C@@H](C(=O)N1C[C@H](O)C[C@H]1C(=O)NCCc1cn2cccnc2n1)n1cc(C2CC2)nn1. The highest BCUT2D eigenvalue weighted by Gasteiger charge is 2.45. The maximum Gasteiger partial charge on any atom is 0.248 e. The van der Waals surface area contributed by atoms with Crippen LogP contribution in [0.5, 0.6) is 0 Å². The van der Waals surface area contributed by atoms with E-state index >= 15 is 0 Å². The molecule has 186 valence electrons. The van der Waals surface area contributed by atoms with Crippen molar-refractivity contribution in [3.05, 3.63) is 42.2 Å². The van der Waals surface area contributed by atoms with Crippen molar-refractivity contribution >= 4 is 17.6 Å². The number of hydrogen-bond acceptors (Lipinski definition) is 7. The fourth-order valence-corrected chi connectivity index (χ4v) is 4.76. The zero-order valence-electron chi connectivity index (χ0n) is 20.3. The molecule has 3 aromatic rings. The Bertz CT molecular complexity index is 1190. The lowest BCUT2D eigenvalue weighted by atomic mass is 9.85. The maximum atomic E-state index is 13.8. The Morgan fingerprint density at radius 2 is 2.06 bits per heavy atom. The average Bonchev–Trinajstić information content (AvgIpc) is 3.21. The summed E-state index contributed by atoms with van der Waals surface area (Å²) in [6.45, 7) is 6.40. The van der Waals surface area contributed by atoms with Crippen LogP contribution in [-0.4, -0.2) is 76.4 Å². The number of imidazole rings is 1. The topological polar surface area (TPSA) is 131 Å². The second-order valence-corrected chi connectivity index (χ2v) is 10.7. The third-order valence-corrected chi connectivity index (χ3v) is 6.67. The van der Waals surface area contributed by atoms with Gasteiger partial charge in [-0.15, -0.1) is 5.10 Å². The number of nitrogens with one attached hydrogen (secondary N) is 1. The normalized spacial score (nSPS) is 21.4. The highest BCUT2D eigenvalue weighted by molar-refractivity contribution is 5.90. The lowest BCUT2D eigenvalue weighted by Gasteiger charge is -2.34. The van der Waals surface area contributed by atoms with E-state index in [9.17, 15) is 14.7 Å². The molecule has 1 aliphatic heterocycles. The number of rotatable bonds is 7. The Hall–Kier alpha value is -3.34. The molecule has 2 aliphatic rings. The van der Waals surface area contributed by atoms with E-state index in [4.69, 9.17) is 0 Å². The summed E-state index contributed by atoms with van der Waals surface area (Å²) in [4.78, 5) is 37.0. The molecule has 0 unspecified atom stereocenters. The van der Waals surface area contributed by atoms with Crippen LogP contribution in [0.4, 0.5) is 0 Å². The standard InChI is InChI=1S/C24H32N8O3/c1-24(2,3)20(32-14-18(28-29-32)15-5-6-15)22(35)31-13-17(33)11-19(31)21(34)25-9-7-16-12-30-10-4-8-26-23(30)27-16/h4,8,10,12,14-15,17,19-20,33H,5-7,9,11,13H2,1-3H3,(H,25,34)/t17-,19+,20-/m1/s1. The van der Waals surface area contributed by atoms with Gasteiger partial charge in [-0.05, 0) is 24.3 Å². The molecule has 1 saturated carbocycles. The molecule has 0 spiro atoms. The molecule has 11 heteroatoms. The zero-order valence-corrected chi connectivity index (χ0v) is 20.3. The van der Waals surface area contributed by atoms with Gasteiger partial charge >= 0.3 is 0 Å². The van der Waals surface area contributed by atoms with Crippen LogP contribution >= 0.6 is 0 Å². The van der Waals surface area contributed by atoms with Crippen molar-refractivity contribution < 1.29 is 14.7 Å². The molecule has 2 fully saturated rings. The zero-order chi connectivity index (χ0) is 24.7. The number of carbonyl (C=O) groups excluding carboxylic acids is 2. The molecular formula is C24H32N8O3. The number of likely N-dealkylation sites (tertiary alicyclic amines) is 1. The number of aliphatic hydroxyl groups is 1. The molecule has 3 atom stereocenters. The van der Waals surface area contributed by atoms with E-state index in [0.717, 1.165) is 24.2 Å². The van der Waals surface area contributed by atoms with Crippen LogP contribution in [0.1, 0.15) is 63.4 Å². The number of aromatic nitrogens is 6. The summed E-state index contributed by atoms with van der Waals surface area (Å²) >= 11 is 0. The van der Waals surface area contributed by atoms with Crippen LogP contribution in [-0.2, 0) is 16.0 Å². The van der Waals surface area contributed by atoms with Crippen LogP contribution < -0.4 is 5.32 Å². The van der Waals surface area contributed by atoms with Crippen molar-refractivity contribution in [2.24, 2.45) is 5.41 Å². The largest absolute Gasteiger partial charge is 0.391 e. The van der Waals surface area contributed by atoms with Gasteiger partial charge in [0.25, 0.3) is 0 Å². The monoisotopic (exact) mass is 480 g/mol. The van der Waals surface area contributed by atoms with Crippen LogP contribution in [0.2, 0.25) is 0 Å². The summed E-state index contributed by atoms with van der Waals surface area (Å²) in [6.07, 6.45) is 9.47. The molecule has 1 aliphatic carbocycles. The van der Waals surface area contributed by atoms with Gasteiger partial charge in [0.2, 0.25) is 17.6 Å². The highest BCUT2D eigenvalue weighted by atomic mass is 16.3. The van der Waals surface area contributed by atoms with E-state index in [-0.39, 0.29) is 24.8 Å². The Morgan fingerprint density at radius 1 is 1.26 bits per heavy atom. The van der Waals surface area contributed by atoms with E-state index in [1.807, 2.05) is 49.8 Å². The van der Waals surface area contributed by atoms with E-state index in [1.54, 1.807) is 10.9 Å². The maximum absolute atomic E-state index is 13.8. The third kappa shape index (κ3) is 4.90. The summed E-state index contributed by atoms with van der Waals surface area (Å²) in [6, 6.07) is 0.457. The van der Waals surface area contributed by atoms with Gasteiger partial charge in [-0.3, -0.25) is 14.0 Å². The van der Waals surface area contributed by atoms with Gasteiger partial charge in [0.05, 0.1) is 17.5 Å². The van der Waals surface area contributed by atoms with Crippen molar-refractivity contribution in [3.63, 3.8) is 0 Å². The molecule has 1 saturated heterocycles. The lowest BCUT2D eigenvalue weighted by molar-refractivity contribution is -0.144. The number of carbonyl (C=O) groups is 2. The number of amides is 2. The molecule has 3 aromatic heterocycles. The lowest BCUT2D eigenvalue weighted by Crippen LogP contribution is -2.50. The van der Waals surface area contributed by atoms with Crippen LogP contribution in [0.25, 0.3) is 5.78 Å². The number of β-amino-alcohol motifs (C(OH)–C–C–N with tert-alkyl or cyclic N) is 1. The van der Waals surface area contributed by atoms with Crippen LogP contribution in [0.15, 0.2) is 30.9 Å². The summed E-state index contributed by atoms with van der Waals surface area (Å²) in [5.41, 5.74) is 1.26. The Labute approximate surface area is 203 Å². The van der Waals surface area contributed by atoms with E-state index < -0.39 is 23.6 Å². The molecule has 35 heavy (non-hydrogen) atoms. The van der Waals surface area contributed by atoms with E-state index in [1.165, 1.54) is 4.90 Å². The summed E-state index contributed by atoms with van der Waals surface area (Å²) < 4.78 is 3.46. The summed E-state index contributed by atoms with van der Waals surface area (Å²) in [5.74, 6) is 0.528. The van der Waals surface area contributed by atoms with E-state index in [2.05, 4.69) is 25.6 Å². The van der Waals surface area contributed by atoms with Crippen LogP contribution in [0, 0.1) is 5.41 Å². The molecule has 0 radical (unpaired) electrons. The van der Waals surface area contributed by atoms with Crippen molar-refractivity contribution in [1.29, 1.82) is 0 Å². The number of fused-ring (bicyclic) bond motifs is 1. The van der Waals surface area contributed by atoms with Crippen LogP contribution in [0.3, 0.4) is 0 Å². The first-order valence-electron chi connectivity index (χ1n) is 12.2. The minimum Gasteiger partial charge on any atom is -0.391 e. The molecule has 0 aromatic carbocycles. The number of aliphatic hydroxyl groups excluding tert-OH is 1. The predicted octanol–water partition coefficient (Wildman–Crippen LogP) is 1.11. The van der Waals surface area contributed by atoms with Crippen molar-refractivity contribution in [1.82, 2.24) is 39.6 Å². The summed E-state index contributed by atoms with van der Waals surface area (Å²) in [5, 5.41) is 21.8. The molecule has 2 amide bonds. The van der Waals surface area contributed by atoms with Gasteiger partial charge < -0.3 is 15.3 Å². The molecule has 4 heterocycles. The fourth-order valence-electron chi connectivity index (χ4n) is 4.76. The molecular weight excluding hydrogens is 448 g/mol. The number of nitrogens with zero attached hydrogens (tertiary/aromatic N) is 7. The average molecular weight is 481 g/mol. The van der Waals surface area contributed by atoms with E-state index in [0.29, 0.717) is 24.7 Å². The molecule has 11 nitrogen and oxygen atoms in total. The van der Waals surface area contributed by atoms with Crippen molar-refractivity contribution in [2.75, 3.05) is 13.1 Å². The highest BCUT2D eigenvalue weighted by Crippen LogP contribution is 2.40. The van der Waals surface area contributed by atoms with Gasteiger partial charge in [-0.2, -0.15) is 0 Å².